The van der Waals surface area contributed by atoms with Crippen molar-refractivity contribution in [2.24, 2.45) is 5.73 Å². The fourth-order valence-corrected chi connectivity index (χ4v) is 1.28. The molecule has 0 aromatic rings. The van der Waals surface area contributed by atoms with Crippen LogP contribution < -0.4 is 5.73 Å². The molecule has 74 valence electrons. The summed E-state index contributed by atoms with van der Waals surface area (Å²) in [5.41, 5.74) is 5.18. The third-order valence-corrected chi connectivity index (χ3v) is 2.08. The highest BCUT2D eigenvalue weighted by Gasteiger charge is 2.22. The normalized spacial score (nSPS) is 17.3. The van der Waals surface area contributed by atoms with Gasteiger partial charge in [0.25, 0.3) is 0 Å². The summed E-state index contributed by atoms with van der Waals surface area (Å²) in [4.78, 5) is 24.5. The smallest absolute Gasteiger partial charge is 0.407 e. The van der Waals surface area contributed by atoms with Crippen molar-refractivity contribution in [2.75, 3.05) is 32.7 Å². The van der Waals surface area contributed by atoms with Crippen molar-refractivity contribution >= 4 is 12.0 Å². The van der Waals surface area contributed by atoms with Gasteiger partial charge in [0.05, 0.1) is 6.54 Å². The molecule has 0 atom stereocenters. The number of carbonyl (C=O) groups excluding carboxylic acids is 1. The zero-order valence-corrected chi connectivity index (χ0v) is 7.27. The van der Waals surface area contributed by atoms with Crippen LogP contribution in [0, 0.1) is 0 Å². The SMILES string of the molecule is NCC(=O)N1CCN(C(=O)O)CC1. The Kier molecular flexibility index (Phi) is 3.07. The van der Waals surface area contributed by atoms with Crippen LogP contribution in [-0.2, 0) is 4.79 Å². The van der Waals surface area contributed by atoms with E-state index in [1.54, 1.807) is 4.90 Å². The molecule has 0 saturated carbocycles. The Hall–Kier alpha value is -1.30. The fourth-order valence-electron chi connectivity index (χ4n) is 1.28. The van der Waals surface area contributed by atoms with Gasteiger partial charge in [0, 0.05) is 26.2 Å². The number of hydrogen-bond acceptors (Lipinski definition) is 3. The standard InChI is InChI=1S/C7H13N3O3/c8-5-6(11)9-1-3-10(4-2-9)7(12)13/h1-5,8H2,(H,12,13). The van der Waals surface area contributed by atoms with Crippen LogP contribution in [0.3, 0.4) is 0 Å². The first-order valence-electron chi connectivity index (χ1n) is 4.11. The van der Waals surface area contributed by atoms with E-state index >= 15 is 0 Å². The third-order valence-electron chi connectivity index (χ3n) is 2.08. The van der Waals surface area contributed by atoms with Crippen LogP contribution in [0.4, 0.5) is 4.79 Å². The average Bonchev–Trinajstić information content (AvgIpc) is 2.17. The molecule has 1 fully saturated rings. The van der Waals surface area contributed by atoms with Gasteiger partial charge < -0.3 is 20.6 Å². The minimum Gasteiger partial charge on any atom is -0.465 e. The van der Waals surface area contributed by atoms with Crippen LogP contribution in [0.15, 0.2) is 0 Å². The predicted molar refractivity (Wildman–Crippen MR) is 45.2 cm³/mol. The first-order valence-corrected chi connectivity index (χ1v) is 4.11. The Balaban J connectivity index is 2.39. The second kappa shape index (κ2) is 4.08. The number of carbonyl (C=O) groups is 2. The molecular formula is C7H13N3O3. The second-order valence-corrected chi connectivity index (χ2v) is 2.85. The number of nitrogens with two attached hydrogens (primary N) is 1. The number of carboxylic acid groups (broad SMARTS) is 1. The Morgan fingerprint density at radius 1 is 1.15 bits per heavy atom. The van der Waals surface area contributed by atoms with Gasteiger partial charge in [-0.25, -0.2) is 4.79 Å². The lowest BCUT2D eigenvalue weighted by Crippen LogP contribution is -2.51. The number of rotatable bonds is 1. The minimum atomic E-state index is -0.931. The summed E-state index contributed by atoms with van der Waals surface area (Å²) in [6, 6.07) is 0. The summed E-state index contributed by atoms with van der Waals surface area (Å²) >= 11 is 0. The third kappa shape index (κ3) is 2.32. The van der Waals surface area contributed by atoms with E-state index in [1.807, 2.05) is 0 Å². The number of hydrogen-bond donors (Lipinski definition) is 2. The molecule has 1 aliphatic rings. The van der Waals surface area contributed by atoms with E-state index in [0.29, 0.717) is 26.2 Å². The Morgan fingerprint density at radius 3 is 2.00 bits per heavy atom. The highest BCUT2D eigenvalue weighted by molar-refractivity contribution is 5.78. The lowest BCUT2D eigenvalue weighted by atomic mass is 10.3. The molecule has 6 heteroatoms. The molecule has 13 heavy (non-hydrogen) atoms. The molecule has 0 radical (unpaired) electrons. The molecule has 0 unspecified atom stereocenters. The molecule has 6 nitrogen and oxygen atoms in total. The van der Waals surface area contributed by atoms with Crippen molar-refractivity contribution < 1.29 is 14.7 Å². The van der Waals surface area contributed by atoms with Gasteiger partial charge in [0.1, 0.15) is 0 Å². The van der Waals surface area contributed by atoms with Crippen molar-refractivity contribution in [2.45, 2.75) is 0 Å². The van der Waals surface area contributed by atoms with Gasteiger partial charge in [0.15, 0.2) is 0 Å². The molecule has 0 aromatic carbocycles. The van der Waals surface area contributed by atoms with Crippen molar-refractivity contribution in [3.63, 3.8) is 0 Å². The zero-order valence-electron chi connectivity index (χ0n) is 7.27. The van der Waals surface area contributed by atoms with Gasteiger partial charge in [-0.3, -0.25) is 4.79 Å². The highest BCUT2D eigenvalue weighted by Crippen LogP contribution is 2.01. The average molecular weight is 187 g/mol. The summed E-state index contributed by atoms with van der Waals surface area (Å²) < 4.78 is 0. The van der Waals surface area contributed by atoms with E-state index in [9.17, 15) is 9.59 Å². The molecular weight excluding hydrogens is 174 g/mol. The molecule has 0 aliphatic carbocycles. The van der Waals surface area contributed by atoms with Crippen molar-refractivity contribution in [3.05, 3.63) is 0 Å². The monoisotopic (exact) mass is 187 g/mol. The maximum absolute atomic E-state index is 11.1. The number of amides is 2. The van der Waals surface area contributed by atoms with Crippen molar-refractivity contribution in [3.8, 4) is 0 Å². The van der Waals surface area contributed by atoms with Gasteiger partial charge in [0.2, 0.25) is 5.91 Å². The second-order valence-electron chi connectivity index (χ2n) is 2.85. The quantitative estimate of drug-likeness (QED) is 0.538. The molecule has 1 saturated heterocycles. The molecule has 0 spiro atoms. The molecule has 0 bridgehead atoms. The summed E-state index contributed by atoms with van der Waals surface area (Å²) in [7, 11) is 0. The van der Waals surface area contributed by atoms with Crippen molar-refractivity contribution in [1.82, 2.24) is 9.80 Å². The predicted octanol–water partition coefficient (Wildman–Crippen LogP) is -1.23. The maximum atomic E-state index is 11.1. The van der Waals surface area contributed by atoms with Crippen LogP contribution in [-0.4, -0.2) is 59.6 Å². The van der Waals surface area contributed by atoms with E-state index in [1.165, 1.54) is 4.90 Å². The van der Waals surface area contributed by atoms with Gasteiger partial charge in [-0.15, -0.1) is 0 Å². The summed E-state index contributed by atoms with van der Waals surface area (Å²) in [5.74, 6) is -0.120. The fraction of sp³-hybridized carbons (Fsp3) is 0.714. The summed E-state index contributed by atoms with van der Waals surface area (Å²) in [6.07, 6.45) is -0.931. The van der Waals surface area contributed by atoms with Crippen molar-refractivity contribution in [1.29, 1.82) is 0 Å². The van der Waals surface area contributed by atoms with E-state index < -0.39 is 6.09 Å². The molecule has 1 aliphatic heterocycles. The van der Waals surface area contributed by atoms with E-state index in [2.05, 4.69) is 0 Å². The molecule has 1 heterocycles. The maximum Gasteiger partial charge on any atom is 0.407 e. The van der Waals surface area contributed by atoms with Crippen LogP contribution in [0.25, 0.3) is 0 Å². The van der Waals surface area contributed by atoms with Crippen LogP contribution in [0.2, 0.25) is 0 Å². The van der Waals surface area contributed by atoms with Crippen LogP contribution >= 0.6 is 0 Å². The Labute approximate surface area is 75.9 Å². The van der Waals surface area contributed by atoms with Gasteiger partial charge in [-0.05, 0) is 0 Å². The molecule has 3 N–H and O–H groups in total. The lowest BCUT2D eigenvalue weighted by molar-refractivity contribution is -0.131. The van der Waals surface area contributed by atoms with Gasteiger partial charge in [-0.1, -0.05) is 0 Å². The highest BCUT2D eigenvalue weighted by atomic mass is 16.4. The minimum absolute atomic E-state index is 0.00687. The zero-order chi connectivity index (χ0) is 9.84. The van der Waals surface area contributed by atoms with Crippen LogP contribution in [0.5, 0.6) is 0 Å². The Bertz CT molecular complexity index is 211. The molecule has 1 rings (SSSR count). The number of nitrogens with zero attached hydrogens (tertiary/aromatic N) is 2. The largest absolute Gasteiger partial charge is 0.465 e. The topological polar surface area (TPSA) is 86.9 Å². The lowest BCUT2D eigenvalue weighted by Gasteiger charge is -2.32. The van der Waals surface area contributed by atoms with Crippen LogP contribution in [0.1, 0.15) is 0 Å². The first-order chi connectivity index (χ1) is 6.15. The summed E-state index contributed by atoms with van der Waals surface area (Å²) in [5, 5.41) is 8.62. The van der Waals surface area contributed by atoms with Gasteiger partial charge in [-0.2, -0.15) is 0 Å². The van der Waals surface area contributed by atoms with Gasteiger partial charge >= 0.3 is 6.09 Å². The van der Waals surface area contributed by atoms with E-state index in [-0.39, 0.29) is 12.5 Å². The van der Waals surface area contributed by atoms with E-state index in [4.69, 9.17) is 10.8 Å². The van der Waals surface area contributed by atoms with E-state index in [0.717, 1.165) is 0 Å². The summed E-state index contributed by atoms with van der Waals surface area (Å²) in [6.45, 7) is 1.64. The Morgan fingerprint density at radius 2 is 1.62 bits per heavy atom. The first kappa shape index (κ1) is 9.79. The molecule has 2 amide bonds. The molecule has 0 aromatic heterocycles. The number of piperazine rings is 1.